The number of benzene rings is 2. The van der Waals surface area contributed by atoms with Crippen molar-refractivity contribution in [3.8, 4) is 6.07 Å². The maximum absolute atomic E-state index is 13.2. The monoisotopic (exact) mass is 428 g/mol. The fourth-order valence-electron chi connectivity index (χ4n) is 3.50. The molecule has 4 rings (SSSR count). The molecule has 1 N–H and O–H groups in total. The van der Waals surface area contributed by atoms with Crippen LogP contribution in [0.25, 0.3) is 11.2 Å². The normalized spacial score (nSPS) is 10.8. The standard InChI is InChI=1S/C23H20N6O3/c1-2-27-15-25-21-20(27)22(31)29(23(32)28(21)13-17-6-4-3-5-7-17)14-19(30)26-18-10-8-16(12-24)9-11-18/h3-11,15H,2,13-14H2,1H3,(H,26,30). The smallest absolute Gasteiger partial charge is 0.325 e. The Kier molecular flexibility index (Phi) is 5.68. The highest BCUT2D eigenvalue weighted by Gasteiger charge is 2.19. The molecule has 0 saturated heterocycles. The summed E-state index contributed by atoms with van der Waals surface area (Å²) in [4.78, 5) is 43.3. The van der Waals surface area contributed by atoms with Crippen molar-refractivity contribution in [2.45, 2.75) is 26.6 Å². The zero-order valence-electron chi connectivity index (χ0n) is 17.4. The van der Waals surface area contributed by atoms with Crippen LogP contribution < -0.4 is 16.6 Å². The number of rotatable bonds is 6. The van der Waals surface area contributed by atoms with Gasteiger partial charge in [-0.1, -0.05) is 30.3 Å². The summed E-state index contributed by atoms with van der Waals surface area (Å²) >= 11 is 0. The van der Waals surface area contributed by atoms with Crippen molar-refractivity contribution in [1.82, 2.24) is 18.7 Å². The van der Waals surface area contributed by atoms with Crippen LogP contribution in [0, 0.1) is 11.3 Å². The van der Waals surface area contributed by atoms with E-state index in [0.29, 0.717) is 17.8 Å². The molecule has 9 nitrogen and oxygen atoms in total. The van der Waals surface area contributed by atoms with Crippen LogP contribution in [0.4, 0.5) is 5.69 Å². The zero-order chi connectivity index (χ0) is 22.7. The maximum Gasteiger partial charge on any atom is 0.333 e. The van der Waals surface area contributed by atoms with Crippen molar-refractivity contribution in [2.24, 2.45) is 0 Å². The lowest BCUT2D eigenvalue weighted by atomic mass is 10.2. The van der Waals surface area contributed by atoms with Crippen LogP contribution in [0.2, 0.25) is 0 Å². The predicted octanol–water partition coefficient (Wildman–Crippen LogP) is 1.94. The van der Waals surface area contributed by atoms with Crippen molar-refractivity contribution in [3.05, 3.63) is 92.9 Å². The Morgan fingerprint density at radius 3 is 2.44 bits per heavy atom. The van der Waals surface area contributed by atoms with Crippen LogP contribution in [0.3, 0.4) is 0 Å². The highest BCUT2D eigenvalue weighted by atomic mass is 16.2. The minimum absolute atomic E-state index is 0.217. The summed E-state index contributed by atoms with van der Waals surface area (Å²) in [7, 11) is 0. The second kappa shape index (κ2) is 8.73. The number of nitrogens with zero attached hydrogens (tertiary/aromatic N) is 5. The van der Waals surface area contributed by atoms with Crippen LogP contribution >= 0.6 is 0 Å². The Bertz CT molecular complexity index is 1440. The van der Waals surface area contributed by atoms with Crippen LogP contribution in [-0.4, -0.2) is 24.6 Å². The van der Waals surface area contributed by atoms with Crippen molar-refractivity contribution in [3.63, 3.8) is 0 Å². The summed E-state index contributed by atoms with van der Waals surface area (Å²) in [6, 6.07) is 17.7. The molecule has 1 amide bonds. The van der Waals surface area contributed by atoms with Gasteiger partial charge in [-0.15, -0.1) is 0 Å². The van der Waals surface area contributed by atoms with Crippen molar-refractivity contribution in [2.75, 3.05) is 5.32 Å². The second-order valence-corrected chi connectivity index (χ2v) is 7.19. The molecule has 0 aliphatic carbocycles. The second-order valence-electron chi connectivity index (χ2n) is 7.19. The van der Waals surface area contributed by atoms with Gasteiger partial charge in [0.15, 0.2) is 11.2 Å². The van der Waals surface area contributed by atoms with Gasteiger partial charge in [0.25, 0.3) is 5.56 Å². The first-order valence-electron chi connectivity index (χ1n) is 10.0. The van der Waals surface area contributed by atoms with Gasteiger partial charge in [-0.3, -0.25) is 14.2 Å². The number of amides is 1. The van der Waals surface area contributed by atoms with Gasteiger partial charge in [-0.25, -0.2) is 14.3 Å². The fraction of sp³-hybridized carbons (Fsp3) is 0.174. The summed E-state index contributed by atoms with van der Waals surface area (Å²) in [6.07, 6.45) is 1.52. The molecule has 0 saturated carbocycles. The number of nitriles is 1. The number of nitrogens with one attached hydrogen (secondary N) is 1. The summed E-state index contributed by atoms with van der Waals surface area (Å²) in [6.45, 7) is 2.13. The lowest BCUT2D eigenvalue weighted by molar-refractivity contribution is -0.116. The number of anilines is 1. The average molecular weight is 428 g/mol. The van der Waals surface area contributed by atoms with Gasteiger partial charge in [0.2, 0.25) is 5.91 Å². The summed E-state index contributed by atoms with van der Waals surface area (Å²) < 4.78 is 4.00. The highest BCUT2D eigenvalue weighted by molar-refractivity contribution is 5.90. The van der Waals surface area contributed by atoms with Crippen molar-refractivity contribution < 1.29 is 4.79 Å². The van der Waals surface area contributed by atoms with Gasteiger partial charge in [0.05, 0.1) is 24.5 Å². The molecule has 160 valence electrons. The van der Waals surface area contributed by atoms with E-state index in [4.69, 9.17) is 5.26 Å². The molecule has 2 aromatic heterocycles. The van der Waals surface area contributed by atoms with Crippen LogP contribution in [-0.2, 0) is 24.4 Å². The fourth-order valence-corrected chi connectivity index (χ4v) is 3.50. The van der Waals surface area contributed by atoms with Crippen LogP contribution in [0.15, 0.2) is 70.5 Å². The van der Waals surface area contributed by atoms with Crippen LogP contribution in [0.1, 0.15) is 18.1 Å². The number of imidazole rings is 1. The molecule has 4 aromatic rings. The van der Waals surface area contributed by atoms with E-state index in [-0.39, 0.29) is 17.7 Å². The molecule has 0 aliphatic heterocycles. The van der Waals surface area contributed by atoms with Gasteiger partial charge < -0.3 is 9.88 Å². The first-order chi connectivity index (χ1) is 15.5. The van der Waals surface area contributed by atoms with Gasteiger partial charge in [-0.2, -0.15) is 5.26 Å². The maximum atomic E-state index is 13.2. The van der Waals surface area contributed by atoms with E-state index in [1.807, 2.05) is 43.3 Å². The van der Waals surface area contributed by atoms with Crippen molar-refractivity contribution in [1.29, 1.82) is 5.26 Å². The molecule has 0 bridgehead atoms. The summed E-state index contributed by atoms with van der Waals surface area (Å²) in [5.41, 5.74) is 1.18. The molecular weight excluding hydrogens is 408 g/mol. The SMILES string of the molecule is CCn1cnc2c1c(=O)n(CC(=O)Nc1ccc(C#N)cc1)c(=O)n2Cc1ccccc1. The molecule has 2 heterocycles. The Morgan fingerprint density at radius 2 is 1.78 bits per heavy atom. The first-order valence-corrected chi connectivity index (χ1v) is 10.0. The lowest BCUT2D eigenvalue weighted by Gasteiger charge is -2.13. The molecule has 32 heavy (non-hydrogen) atoms. The van der Waals surface area contributed by atoms with Crippen LogP contribution in [0.5, 0.6) is 0 Å². The molecule has 0 unspecified atom stereocenters. The molecule has 0 radical (unpaired) electrons. The number of hydrogen-bond donors (Lipinski definition) is 1. The Labute approximate surface area is 182 Å². The summed E-state index contributed by atoms with van der Waals surface area (Å²) in [5.74, 6) is -0.526. The summed E-state index contributed by atoms with van der Waals surface area (Å²) in [5, 5.41) is 11.5. The van der Waals surface area contributed by atoms with Gasteiger partial charge in [0.1, 0.15) is 6.54 Å². The zero-order valence-corrected chi connectivity index (χ0v) is 17.4. The molecule has 0 spiro atoms. The Hall–Kier alpha value is -4.45. The van der Waals surface area contributed by atoms with Gasteiger partial charge in [-0.05, 0) is 36.8 Å². The quantitative estimate of drug-likeness (QED) is 0.504. The first kappa shape index (κ1) is 20.8. The molecule has 0 aliphatic rings. The Balaban J connectivity index is 1.74. The third-order valence-corrected chi connectivity index (χ3v) is 5.11. The topological polar surface area (TPSA) is 115 Å². The third-order valence-electron chi connectivity index (χ3n) is 5.11. The molecular formula is C23H20N6O3. The number of carbonyl (C=O) groups is 1. The van der Waals surface area contributed by atoms with E-state index in [1.165, 1.54) is 10.9 Å². The van der Waals surface area contributed by atoms with E-state index in [1.54, 1.807) is 28.8 Å². The van der Waals surface area contributed by atoms with E-state index < -0.39 is 23.7 Å². The number of aromatic nitrogens is 4. The number of hydrogen-bond acceptors (Lipinski definition) is 5. The predicted molar refractivity (Wildman–Crippen MR) is 119 cm³/mol. The molecule has 9 heteroatoms. The van der Waals surface area contributed by atoms with E-state index in [0.717, 1.165) is 10.1 Å². The largest absolute Gasteiger partial charge is 0.333 e. The van der Waals surface area contributed by atoms with E-state index in [2.05, 4.69) is 10.3 Å². The van der Waals surface area contributed by atoms with Crippen molar-refractivity contribution >= 4 is 22.8 Å². The van der Waals surface area contributed by atoms with Gasteiger partial charge >= 0.3 is 5.69 Å². The average Bonchev–Trinajstić information content (AvgIpc) is 3.25. The third kappa shape index (κ3) is 3.94. The molecule has 2 aromatic carbocycles. The Morgan fingerprint density at radius 1 is 1.06 bits per heavy atom. The highest BCUT2D eigenvalue weighted by Crippen LogP contribution is 2.11. The molecule has 0 atom stereocenters. The minimum atomic E-state index is -0.609. The molecule has 0 fully saturated rings. The number of carbonyl (C=O) groups excluding carboxylic acids is 1. The van der Waals surface area contributed by atoms with Gasteiger partial charge in [0, 0.05) is 12.2 Å². The number of aryl methyl sites for hydroxylation is 1. The van der Waals surface area contributed by atoms with E-state index >= 15 is 0 Å². The van der Waals surface area contributed by atoms with E-state index in [9.17, 15) is 14.4 Å². The lowest BCUT2D eigenvalue weighted by Crippen LogP contribution is -2.43. The minimum Gasteiger partial charge on any atom is -0.325 e. The number of fused-ring (bicyclic) bond motifs is 1.